The first-order valence-corrected chi connectivity index (χ1v) is 5.40. The Labute approximate surface area is 108 Å². The van der Waals surface area contributed by atoms with Gasteiger partial charge in [0.2, 0.25) is 0 Å². The van der Waals surface area contributed by atoms with Gasteiger partial charge in [0, 0.05) is 30.4 Å². The number of hydrogen-bond donors (Lipinski definition) is 1. The van der Waals surface area contributed by atoms with E-state index in [4.69, 9.17) is 4.74 Å². The van der Waals surface area contributed by atoms with Crippen LogP contribution in [0, 0.1) is 6.92 Å². The van der Waals surface area contributed by atoms with E-state index in [2.05, 4.69) is 22.4 Å². The van der Waals surface area contributed by atoms with Crippen molar-refractivity contribution in [2.75, 3.05) is 25.6 Å². The first kappa shape index (κ1) is 13.7. The molecule has 1 N–H and O–H groups in total. The highest BCUT2D eigenvalue weighted by molar-refractivity contribution is 5.91. The molecule has 1 aromatic heterocycles. The summed E-state index contributed by atoms with van der Waals surface area (Å²) >= 11 is 0. The number of nitrogens with zero attached hydrogens (tertiary/aromatic N) is 1. The van der Waals surface area contributed by atoms with E-state index >= 15 is 0 Å². The number of halogens is 1. The summed E-state index contributed by atoms with van der Waals surface area (Å²) in [5, 5.41) is 4.52. The van der Waals surface area contributed by atoms with E-state index in [0.717, 1.165) is 28.8 Å². The lowest BCUT2D eigenvalue weighted by Crippen LogP contribution is -3.00. The van der Waals surface area contributed by atoms with Crippen LogP contribution < -0.4 is 17.7 Å². The number of anilines is 1. The van der Waals surface area contributed by atoms with Crippen LogP contribution in [0.2, 0.25) is 0 Å². The van der Waals surface area contributed by atoms with Crippen molar-refractivity contribution in [3.63, 3.8) is 0 Å². The highest BCUT2D eigenvalue weighted by Crippen LogP contribution is 2.22. The fourth-order valence-electron chi connectivity index (χ4n) is 1.74. The van der Waals surface area contributed by atoms with E-state index < -0.39 is 0 Å². The molecule has 0 aliphatic carbocycles. The average Bonchev–Trinajstić information content (AvgIpc) is 2.29. The zero-order valence-electron chi connectivity index (χ0n) is 10.0. The molecule has 0 spiro atoms. The molecule has 1 aromatic carbocycles. The first-order chi connectivity index (χ1) is 7.81. The molecule has 0 bridgehead atoms. The lowest BCUT2D eigenvalue weighted by atomic mass is 10.1. The lowest BCUT2D eigenvalue weighted by molar-refractivity contribution is -0.00000372. The summed E-state index contributed by atoms with van der Waals surface area (Å²) in [4.78, 5) is 4.49. The van der Waals surface area contributed by atoms with Crippen LogP contribution in [0.15, 0.2) is 30.3 Å². The van der Waals surface area contributed by atoms with Crippen molar-refractivity contribution in [3.8, 4) is 0 Å². The van der Waals surface area contributed by atoms with Gasteiger partial charge in [-0.2, -0.15) is 0 Å². The van der Waals surface area contributed by atoms with Crippen molar-refractivity contribution < 1.29 is 17.1 Å². The highest BCUT2D eigenvalue weighted by atomic mass is 35.5. The van der Waals surface area contributed by atoms with Gasteiger partial charge in [0.15, 0.2) is 0 Å². The van der Waals surface area contributed by atoms with Crippen molar-refractivity contribution in [2.45, 2.75) is 6.92 Å². The Morgan fingerprint density at radius 1 is 1.29 bits per heavy atom. The minimum absolute atomic E-state index is 0. The maximum absolute atomic E-state index is 5.03. The molecule has 17 heavy (non-hydrogen) atoms. The molecule has 0 unspecified atom stereocenters. The van der Waals surface area contributed by atoms with Gasteiger partial charge in [0.1, 0.15) is 0 Å². The van der Waals surface area contributed by atoms with Gasteiger partial charge in [-0.25, -0.2) is 0 Å². The molecule has 4 heteroatoms. The molecule has 0 amide bonds. The molecule has 0 aliphatic rings. The second kappa shape index (κ2) is 6.42. The smallest absolute Gasteiger partial charge is 0.0725 e. The van der Waals surface area contributed by atoms with Gasteiger partial charge in [0.25, 0.3) is 0 Å². The van der Waals surface area contributed by atoms with Crippen LogP contribution in [0.1, 0.15) is 5.69 Å². The van der Waals surface area contributed by atoms with Crippen LogP contribution in [0.25, 0.3) is 10.9 Å². The number of nitrogens with one attached hydrogen (secondary N) is 1. The maximum atomic E-state index is 5.03. The number of rotatable bonds is 4. The second-order valence-corrected chi connectivity index (χ2v) is 3.75. The number of fused-ring (bicyclic) bond motifs is 1. The normalized spacial score (nSPS) is 10.0. The van der Waals surface area contributed by atoms with Crippen molar-refractivity contribution >= 4 is 16.6 Å². The summed E-state index contributed by atoms with van der Waals surface area (Å²) in [6, 6.07) is 10.2. The van der Waals surface area contributed by atoms with Gasteiger partial charge in [-0.3, -0.25) is 4.98 Å². The van der Waals surface area contributed by atoms with Gasteiger partial charge >= 0.3 is 0 Å². The third kappa shape index (κ3) is 3.32. The van der Waals surface area contributed by atoms with Crippen LogP contribution in [0.5, 0.6) is 0 Å². The maximum Gasteiger partial charge on any atom is 0.0725 e. The standard InChI is InChI=1S/C13H16N2O.ClH/c1-10-9-13(14-7-8-16-2)11-5-3-4-6-12(11)15-10;/h3-6,9H,7-8H2,1-2H3,(H,14,15);1H/p-1. The predicted molar refractivity (Wildman–Crippen MR) is 66.8 cm³/mol. The Balaban J connectivity index is 0.00000144. The largest absolute Gasteiger partial charge is 1.00 e. The number of pyridine rings is 1. The number of benzene rings is 1. The third-order valence-electron chi connectivity index (χ3n) is 2.47. The SMILES string of the molecule is COCCNc1cc(C)nc2ccccc12.[Cl-]. The van der Waals surface area contributed by atoms with E-state index in [1.165, 1.54) is 0 Å². The van der Waals surface area contributed by atoms with Crippen LogP contribution in [-0.2, 0) is 4.74 Å². The topological polar surface area (TPSA) is 34.1 Å². The number of para-hydroxylation sites is 1. The number of methoxy groups -OCH3 is 1. The Morgan fingerprint density at radius 3 is 2.82 bits per heavy atom. The fraction of sp³-hybridized carbons (Fsp3) is 0.308. The van der Waals surface area contributed by atoms with E-state index in [0.29, 0.717) is 6.61 Å². The van der Waals surface area contributed by atoms with Crippen molar-refractivity contribution in [2.24, 2.45) is 0 Å². The number of aromatic nitrogens is 1. The van der Waals surface area contributed by atoms with Crippen LogP contribution in [0.4, 0.5) is 5.69 Å². The molecule has 0 radical (unpaired) electrons. The molecule has 2 rings (SSSR count). The summed E-state index contributed by atoms with van der Waals surface area (Å²) in [5.41, 5.74) is 3.18. The van der Waals surface area contributed by atoms with Crippen LogP contribution in [-0.4, -0.2) is 25.2 Å². The van der Waals surface area contributed by atoms with Crippen LogP contribution in [0.3, 0.4) is 0 Å². The molecule has 3 nitrogen and oxygen atoms in total. The number of ether oxygens (including phenoxy) is 1. The molecule has 92 valence electrons. The van der Waals surface area contributed by atoms with E-state index in [1.807, 2.05) is 25.1 Å². The molecule has 0 saturated heterocycles. The summed E-state index contributed by atoms with van der Waals surface area (Å²) in [6.45, 7) is 3.52. The molecule has 0 aliphatic heterocycles. The molecular weight excluding hydrogens is 236 g/mol. The Morgan fingerprint density at radius 2 is 2.06 bits per heavy atom. The molecule has 0 saturated carbocycles. The van der Waals surface area contributed by atoms with E-state index in [-0.39, 0.29) is 12.4 Å². The Hall–Kier alpha value is -1.32. The average molecular weight is 252 g/mol. The van der Waals surface area contributed by atoms with Gasteiger partial charge in [-0.1, -0.05) is 18.2 Å². The zero-order chi connectivity index (χ0) is 11.4. The lowest BCUT2D eigenvalue weighted by Gasteiger charge is -2.10. The van der Waals surface area contributed by atoms with Crippen molar-refractivity contribution in [1.29, 1.82) is 0 Å². The molecular formula is C13H16ClN2O-. The third-order valence-corrected chi connectivity index (χ3v) is 2.47. The van der Waals surface area contributed by atoms with Gasteiger partial charge in [-0.15, -0.1) is 0 Å². The van der Waals surface area contributed by atoms with E-state index in [9.17, 15) is 0 Å². The van der Waals surface area contributed by atoms with Crippen LogP contribution >= 0.6 is 0 Å². The van der Waals surface area contributed by atoms with Crippen molar-refractivity contribution in [1.82, 2.24) is 4.98 Å². The van der Waals surface area contributed by atoms with Gasteiger partial charge < -0.3 is 22.5 Å². The molecule has 2 aromatic rings. The minimum atomic E-state index is 0. The van der Waals surface area contributed by atoms with Crippen molar-refractivity contribution in [3.05, 3.63) is 36.0 Å². The monoisotopic (exact) mass is 251 g/mol. The highest BCUT2D eigenvalue weighted by Gasteiger charge is 2.02. The molecule has 1 heterocycles. The second-order valence-electron chi connectivity index (χ2n) is 3.75. The summed E-state index contributed by atoms with van der Waals surface area (Å²) < 4.78 is 5.03. The first-order valence-electron chi connectivity index (χ1n) is 5.40. The molecule has 0 atom stereocenters. The predicted octanol–water partition coefficient (Wildman–Crippen LogP) is -0.394. The Kier molecular flexibility index (Phi) is 5.19. The van der Waals surface area contributed by atoms with Gasteiger partial charge in [-0.05, 0) is 19.1 Å². The summed E-state index contributed by atoms with van der Waals surface area (Å²) in [5.74, 6) is 0. The quantitative estimate of drug-likeness (QED) is 0.752. The zero-order valence-corrected chi connectivity index (χ0v) is 10.8. The fourth-order valence-corrected chi connectivity index (χ4v) is 1.74. The van der Waals surface area contributed by atoms with E-state index in [1.54, 1.807) is 7.11 Å². The number of hydrogen-bond acceptors (Lipinski definition) is 3. The summed E-state index contributed by atoms with van der Waals surface area (Å²) in [6.07, 6.45) is 0. The van der Waals surface area contributed by atoms with Gasteiger partial charge in [0.05, 0.1) is 12.1 Å². The minimum Gasteiger partial charge on any atom is -1.00 e. The number of aryl methyl sites for hydroxylation is 1. The Bertz CT molecular complexity index is 488. The molecule has 0 fully saturated rings. The summed E-state index contributed by atoms with van der Waals surface area (Å²) in [7, 11) is 1.71.